The SMILES string of the molecule is COc1ccc(OC)c(NC(=O)COC(=O)[C@@H]2CCC(=O)N2)c1. The standard InChI is InChI=1S/C15H18N2O6/c1-21-9-3-5-12(22-2)11(7-9)17-14(19)8-23-15(20)10-4-6-13(18)16-10/h3,5,7,10H,4,6,8H2,1-2H3,(H,16,18)(H,17,19)/t10-/m0/s1. The molecule has 8 nitrogen and oxygen atoms in total. The first-order valence-electron chi connectivity index (χ1n) is 7.01. The summed E-state index contributed by atoms with van der Waals surface area (Å²) in [6, 6.07) is 4.25. The Hall–Kier alpha value is -2.77. The predicted molar refractivity (Wildman–Crippen MR) is 80.3 cm³/mol. The van der Waals surface area contributed by atoms with Gasteiger partial charge in [-0.2, -0.15) is 0 Å². The fourth-order valence-electron chi connectivity index (χ4n) is 2.13. The van der Waals surface area contributed by atoms with E-state index in [2.05, 4.69) is 10.6 Å². The molecule has 1 aromatic rings. The molecular weight excluding hydrogens is 304 g/mol. The zero-order chi connectivity index (χ0) is 16.8. The van der Waals surface area contributed by atoms with E-state index in [1.807, 2.05) is 0 Å². The van der Waals surface area contributed by atoms with Crippen LogP contribution in [0.15, 0.2) is 18.2 Å². The fraction of sp³-hybridized carbons (Fsp3) is 0.400. The van der Waals surface area contributed by atoms with Crippen LogP contribution in [0.3, 0.4) is 0 Å². The van der Waals surface area contributed by atoms with E-state index in [0.29, 0.717) is 23.6 Å². The highest BCUT2D eigenvalue weighted by atomic mass is 16.5. The number of nitrogens with one attached hydrogen (secondary N) is 2. The van der Waals surface area contributed by atoms with Crippen LogP contribution in [0, 0.1) is 0 Å². The summed E-state index contributed by atoms with van der Waals surface area (Å²) in [6.45, 7) is -0.453. The lowest BCUT2D eigenvalue weighted by Crippen LogP contribution is -2.36. The van der Waals surface area contributed by atoms with Gasteiger partial charge in [0.15, 0.2) is 6.61 Å². The molecule has 23 heavy (non-hydrogen) atoms. The van der Waals surface area contributed by atoms with Crippen molar-refractivity contribution in [1.29, 1.82) is 0 Å². The lowest BCUT2D eigenvalue weighted by molar-refractivity contribution is -0.149. The van der Waals surface area contributed by atoms with Crippen molar-refractivity contribution >= 4 is 23.5 Å². The molecular formula is C15H18N2O6. The summed E-state index contributed by atoms with van der Waals surface area (Å²) in [5.41, 5.74) is 0.405. The third-order valence-corrected chi connectivity index (χ3v) is 3.31. The minimum atomic E-state index is -0.679. The number of rotatable bonds is 6. The van der Waals surface area contributed by atoms with E-state index < -0.39 is 24.5 Å². The highest BCUT2D eigenvalue weighted by molar-refractivity contribution is 5.95. The zero-order valence-electron chi connectivity index (χ0n) is 12.9. The first-order valence-corrected chi connectivity index (χ1v) is 7.01. The van der Waals surface area contributed by atoms with Gasteiger partial charge >= 0.3 is 5.97 Å². The number of hydrogen-bond donors (Lipinski definition) is 2. The molecule has 2 amide bonds. The zero-order valence-corrected chi connectivity index (χ0v) is 12.9. The predicted octanol–water partition coefficient (Wildman–Crippen LogP) is 0.464. The monoisotopic (exact) mass is 322 g/mol. The van der Waals surface area contributed by atoms with Crippen LogP contribution in [-0.2, 0) is 19.1 Å². The van der Waals surface area contributed by atoms with E-state index in [1.54, 1.807) is 18.2 Å². The Kier molecular flexibility index (Phi) is 5.40. The van der Waals surface area contributed by atoms with Crippen molar-refractivity contribution in [2.45, 2.75) is 18.9 Å². The third-order valence-electron chi connectivity index (χ3n) is 3.31. The van der Waals surface area contributed by atoms with Gasteiger partial charge in [0.1, 0.15) is 17.5 Å². The number of hydrogen-bond acceptors (Lipinski definition) is 6. The van der Waals surface area contributed by atoms with Crippen LogP contribution >= 0.6 is 0 Å². The minimum Gasteiger partial charge on any atom is -0.497 e. The average molecular weight is 322 g/mol. The van der Waals surface area contributed by atoms with Crippen LogP contribution in [0.1, 0.15) is 12.8 Å². The second-order valence-corrected chi connectivity index (χ2v) is 4.88. The molecule has 2 rings (SSSR count). The molecule has 0 bridgehead atoms. The molecule has 1 saturated heterocycles. The number of ether oxygens (including phenoxy) is 3. The number of esters is 1. The molecule has 1 aliphatic rings. The van der Waals surface area contributed by atoms with Gasteiger partial charge in [0.2, 0.25) is 5.91 Å². The molecule has 0 unspecified atom stereocenters. The van der Waals surface area contributed by atoms with Crippen LogP contribution in [0.2, 0.25) is 0 Å². The van der Waals surface area contributed by atoms with Gasteiger partial charge in [-0.1, -0.05) is 0 Å². The molecule has 0 spiro atoms. The van der Waals surface area contributed by atoms with Crippen molar-refractivity contribution < 1.29 is 28.6 Å². The van der Waals surface area contributed by atoms with Crippen molar-refractivity contribution in [1.82, 2.24) is 5.32 Å². The summed E-state index contributed by atoms with van der Waals surface area (Å²) >= 11 is 0. The van der Waals surface area contributed by atoms with Crippen LogP contribution in [0.4, 0.5) is 5.69 Å². The lowest BCUT2D eigenvalue weighted by Gasteiger charge is -2.13. The number of anilines is 1. The van der Waals surface area contributed by atoms with E-state index in [4.69, 9.17) is 14.2 Å². The second kappa shape index (κ2) is 7.48. The Morgan fingerprint density at radius 3 is 2.70 bits per heavy atom. The topological polar surface area (TPSA) is 103 Å². The van der Waals surface area contributed by atoms with Crippen molar-refractivity contribution in [2.24, 2.45) is 0 Å². The summed E-state index contributed by atoms with van der Waals surface area (Å²) in [7, 11) is 2.98. The van der Waals surface area contributed by atoms with Crippen molar-refractivity contribution in [3.63, 3.8) is 0 Å². The molecule has 0 radical (unpaired) electrons. The molecule has 0 aliphatic carbocycles. The Morgan fingerprint density at radius 2 is 2.09 bits per heavy atom. The first kappa shape index (κ1) is 16.6. The molecule has 1 atom stereocenters. The molecule has 124 valence electrons. The van der Waals surface area contributed by atoms with Crippen molar-refractivity contribution in [2.75, 3.05) is 26.1 Å². The largest absolute Gasteiger partial charge is 0.497 e. The third kappa shape index (κ3) is 4.35. The maximum Gasteiger partial charge on any atom is 0.329 e. The Balaban J connectivity index is 1.89. The van der Waals surface area contributed by atoms with Gasteiger partial charge in [0.05, 0.1) is 19.9 Å². The number of amides is 2. The summed E-state index contributed by atoms with van der Waals surface area (Å²) < 4.78 is 15.1. The average Bonchev–Trinajstić information content (AvgIpc) is 2.99. The lowest BCUT2D eigenvalue weighted by atomic mass is 10.2. The molecule has 1 aliphatic heterocycles. The number of methoxy groups -OCH3 is 2. The molecule has 1 heterocycles. The van der Waals surface area contributed by atoms with Crippen LogP contribution < -0.4 is 20.1 Å². The van der Waals surface area contributed by atoms with Gasteiger partial charge < -0.3 is 24.8 Å². The Bertz CT molecular complexity index is 616. The Morgan fingerprint density at radius 1 is 1.30 bits per heavy atom. The molecule has 0 saturated carbocycles. The number of carbonyl (C=O) groups is 3. The second-order valence-electron chi connectivity index (χ2n) is 4.88. The van der Waals surface area contributed by atoms with Crippen LogP contribution in [0.25, 0.3) is 0 Å². The summed E-state index contributed by atoms with van der Waals surface area (Å²) in [6.07, 6.45) is 0.663. The maximum absolute atomic E-state index is 11.9. The normalized spacial score (nSPS) is 16.4. The minimum absolute atomic E-state index is 0.197. The van der Waals surface area contributed by atoms with Gasteiger partial charge in [0.25, 0.3) is 5.91 Å². The maximum atomic E-state index is 11.9. The first-order chi connectivity index (χ1) is 11.0. The highest BCUT2D eigenvalue weighted by Gasteiger charge is 2.28. The molecule has 1 aromatic carbocycles. The molecule has 0 aromatic heterocycles. The number of carbonyl (C=O) groups excluding carboxylic acids is 3. The van der Waals surface area contributed by atoms with E-state index >= 15 is 0 Å². The van der Waals surface area contributed by atoms with Crippen LogP contribution in [-0.4, -0.2) is 44.7 Å². The highest BCUT2D eigenvalue weighted by Crippen LogP contribution is 2.28. The van der Waals surface area contributed by atoms with Crippen LogP contribution in [0.5, 0.6) is 11.5 Å². The van der Waals surface area contributed by atoms with Gasteiger partial charge in [-0.15, -0.1) is 0 Å². The smallest absolute Gasteiger partial charge is 0.329 e. The van der Waals surface area contributed by atoms with E-state index in [-0.39, 0.29) is 12.3 Å². The fourth-order valence-corrected chi connectivity index (χ4v) is 2.13. The van der Waals surface area contributed by atoms with Crippen molar-refractivity contribution in [3.05, 3.63) is 18.2 Å². The van der Waals surface area contributed by atoms with E-state index in [0.717, 1.165) is 0 Å². The quantitative estimate of drug-likeness (QED) is 0.738. The van der Waals surface area contributed by atoms with E-state index in [1.165, 1.54) is 14.2 Å². The summed E-state index contributed by atoms with van der Waals surface area (Å²) in [5, 5.41) is 5.06. The van der Waals surface area contributed by atoms with Gasteiger partial charge in [-0.25, -0.2) is 4.79 Å². The molecule has 1 fully saturated rings. The van der Waals surface area contributed by atoms with Gasteiger partial charge in [-0.3, -0.25) is 9.59 Å². The van der Waals surface area contributed by atoms with E-state index in [9.17, 15) is 14.4 Å². The summed E-state index contributed by atoms with van der Waals surface area (Å²) in [4.78, 5) is 34.6. The Labute approximate surface area is 133 Å². The molecule has 2 N–H and O–H groups in total. The number of benzene rings is 1. The van der Waals surface area contributed by atoms with Gasteiger partial charge in [-0.05, 0) is 18.6 Å². The van der Waals surface area contributed by atoms with Gasteiger partial charge in [0, 0.05) is 12.5 Å². The molecule has 8 heteroatoms. The van der Waals surface area contributed by atoms with Crippen molar-refractivity contribution in [3.8, 4) is 11.5 Å². The summed E-state index contributed by atoms with van der Waals surface area (Å²) in [5.74, 6) is -0.337.